The summed E-state index contributed by atoms with van der Waals surface area (Å²) in [7, 11) is 0. The summed E-state index contributed by atoms with van der Waals surface area (Å²) >= 11 is 0. The Morgan fingerprint density at radius 2 is 1.65 bits per heavy atom. The number of alkyl halides is 3. The Morgan fingerprint density at radius 1 is 0.973 bits per heavy atom. The lowest BCUT2D eigenvalue weighted by atomic mass is 9.80. The molecular formula is C27H31F3N4O3. The van der Waals surface area contributed by atoms with Crippen molar-refractivity contribution < 1.29 is 27.6 Å². The van der Waals surface area contributed by atoms with Gasteiger partial charge in [0.25, 0.3) is 5.91 Å². The molecule has 4 rings (SSSR count). The summed E-state index contributed by atoms with van der Waals surface area (Å²) in [6.45, 7) is 1.18. The number of nitrogens with zero attached hydrogens (tertiary/aromatic N) is 1. The summed E-state index contributed by atoms with van der Waals surface area (Å²) in [6.07, 6.45) is 0.0103. The van der Waals surface area contributed by atoms with Gasteiger partial charge in [-0.25, -0.2) is 0 Å². The van der Waals surface area contributed by atoms with Crippen molar-refractivity contribution in [2.24, 2.45) is 5.73 Å². The molecule has 1 aliphatic heterocycles. The number of carbonyl (C=O) groups excluding carboxylic acids is 3. The number of halogens is 3. The highest BCUT2D eigenvalue weighted by atomic mass is 19.4. The summed E-state index contributed by atoms with van der Waals surface area (Å²) in [5.41, 5.74) is 6.41. The fourth-order valence-electron chi connectivity index (χ4n) is 5.16. The van der Waals surface area contributed by atoms with E-state index in [1.807, 2.05) is 12.1 Å². The molecule has 0 bridgehead atoms. The first-order chi connectivity index (χ1) is 17.6. The van der Waals surface area contributed by atoms with E-state index in [4.69, 9.17) is 5.73 Å². The number of amides is 3. The zero-order valence-corrected chi connectivity index (χ0v) is 20.4. The SMILES string of the molecule is NC(=O)Cc1ccc([C@H]2CC[C@@H](N3CC(NC(=O)CNC(=O)c4cccc(C(F)(F)F)c4)C3)CC2)cc1. The third-order valence-electron chi connectivity index (χ3n) is 7.18. The van der Waals surface area contributed by atoms with Crippen molar-refractivity contribution >= 4 is 17.7 Å². The summed E-state index contributed by atoms with van der Waals surface area (Å²) in [5.74, 6) is -0.933. The van der Waals surface area contributed by atoms with Crippen LogP contribution in [0.3, 0.4) is 0 Å². The van der Waals surface area contributed by atoms with Gasteiger partial charge >= 0.3 is 6.18 Å². The number of likely N-dealkylation sites (tertiary alicyclic amines) is 1. The minimum atomic E-state index is -4.54. The maximum atomic E-state index is 12.8. The molecule has 2 aliphatic rings. The highest BCUT2D eigenvalue weighted by Gasteiger charge is 2.35. The third-order valence-corrected chi connectivity index (χ3v) is 7.18. The van der Waals surface area contributed by atoms with Crippen LogP contribution in [0.25, 0.3) is 0 Å². The highest BCUT2D eigenvalue weighted by Crippen LogP contribution is 2.36. The first-order valence-electron chi connectivity index (χ1n) is 12.4. The molecule has 1 saturated carbocycles. The van der Waals surface area contributed by atoms with Crippen molar-refractivity contribution in [3.05, 3.63) is 70.8 Å². The summed E-state index contributed by atoms with van der Waals surface area (Å²) in [4.78, 5) is 37.8. The Balaban J connectivity index is 1.15. The molecule has 3 amide bonds. The lowest BCUT2D eigenvalue weighted by Gasteiger charge is -2.46. The number of rotatable bonds is 8. The molecule has 10 heteroatoms. The van der Waals surface area contributed by atoms with Crippen molar-refractivity contribution in [3.63, 3.8) is 0 Å². The van der Waals surface area contributed by atoms with Crippen LogP contribution in [0.15, 0.2) is 48.5 Å². The zero-order chi connectivity index (χ0) is 26.6. The van der Waals surface area contributed by atoms with Gasteiger partial charge in [-0.15, -0.1) is 0 Å². The van der Waals surface area contributed by atoms with Gasteiger partial charge in [-0.1, -0.05) is 30.3 Å². The molecule has 198 valence electrons. The van der Waals surface area contributed by atoms with E-state index in [9.17, 15) is 27.6 Å². The number of nitrogens with one attached hydrogen (secondary N) is 2. The van der Waals surface area contributed by atoms with Crippen molar-refractivity contribution in [3.8, 4) is 0 Å². The first-order valence-corrected chi connectivity index (χ1v) is 12.4. The number of hydrogen-bond acceptors (Lipinski definition) is 4. The molecular weight excluding hydrogens is 485 g/mol. The third kappa shape index (κ3) is 7.09. The van der Waals surface area contributed by atoms with E-state index >= 15 is 0 Å². The van der Waals surface area contributed by atoms with E-state index in [1.54, 1.807) is 0 Å². The largest absolute Gasteiger partial charge is 0.416 e. The molecule has 37 heavy (non-hydrogen) atoms. The van der Waals surface area contributed by atoms with Crippen LogP contribution in [0, 0.1) is 0 Å². The van der Waals surface area contributed by atoms with Crippen LogP contribution in [0.2, 0.25) is 0 Å². The van der Waals surface area contributed by atoms with Gasteiger partial charge in [-0.05, 0) is 60.9 Å². The quantitative estimate of drug-likeness (QED) is 0.502. The Kier molecular flexibility index (Phi) is 8.16. The highest BCUT2D eigenvalue weighted by molar-refractivity contribution is 5.96. The van der Waals surface area contributed by atoms with E-state index in [-0.39, 0.29) is 36.4 Å². The Morgan fingerprint density at radius 3 is 2.27 bits per heavy atom. The molecule has 4 N–H and O–H groups in total. The fourth-order valence-corrected chi connectivity index (χ4v) is 5.16. The Labute approximate surface area is 213 Å². The lowest BCUT2D eigenvalue weighted by molar-refractivity contribution is -0.137. The molecule has 2 fully saturated rings. The van der Waals surface area contributed by atoms with Gasteiger partial charge in [0, 0.05) is 24.7 Å². The lowest BCUT2D eigenvalue weighted by Crippen LogP contribution is -2.63. The van der Waals surface area contributed by atoms with Crippen LogP contribution < -0.4 is 16.4 Å². The molecule has 0 atom stereocenters. The summed E-state index contributed by atoms with van der Waals surface area (Å²) < 4.78 is 38.5. The second kappa shape index (κ2) is 11.3. The van der Waals surface area contributed by atoms with Crippen LogP contribution >= 0.6 is 0 Å². The molecule has 2 aromatic carbocycles. The molecule has 0 spiro atoms. The zero-order valence-electron chi connectivity index (χ0n) is 20.4. The molecule has 1 aliphatic carbocycles. The maximum Gasteiger partial charge on any atom is 0.416 e. The van der Waals surface area contributed by atoms with Crippen LogP contribution in [0.1, 0.15) is 58.6 Å². The van der Waals surface area contributed by atoms with Crippen molar-refractivity contribution in [2.45, 2.75) is 56.3 Å². The number of benzene rings is 2. The second-order valence-corrected chi connectivity index (χ2v) is 9.87. The molecule has 1 saturated heterocycles. The summed E-state index contributed by atoms with van der Waals surface area (Å²) in [6, 6.07) is 12.7. The van der Waals surface area contributed by atoms with Gasteiger partial charge in [-0.3, -0.25) is 19.3 Å². The smallest absolute Gasteiger partial charge is 0.369 e. The molecule has 1 heterocycles. The molecule has 0 unspecified atom stereocenters. The van der Waals surface area contributed by atoms with Crippen LogP contribution in [-0.2, 0) is 22.2 Å². The Hall–Kier alpha value is -3.40. The second-order valence-electron chi connectivity index (χ2n) is 9.87. The average Bonchev–Trinajstić information content (AvgIpc) is 2.84. The molecule has 7 nitrogen and oxygen atoms in total. The van der Waals surface area contributed by atoms with Crippen LogP contribution in [0.4, 0.5) is 13.2 Å². The van der Waals surface area contributed by atoms with Crippen molar-refractivity contribution in [2.75, 3.05) is 19.6 Å². The predicted molar refractivity (Wildman–Crippen MR) is 132 cm³/mol. The van der Waals surface area contributed by atoms with E-state index in [0.717, 1.165) is 62.5 Å². The number of hydrogen-bond donors (Lipinski definition) is 3. The standard InChI is InChI=1S/C27H31F3N4O3/c28-27(29,30)21-3-1-2-20(13-21)26(37)32-14-25(36)33-22-15-34(16-22)23-10-8-19(9-11-23)18-6-4-17(5-7-18)12-24(31)35/h1-7,13,19,22-23H,8-12,14-16H2,(H2,31,35)(H,32,37)(H,33,36)/t19-,23+. The average molecular weight is 517 g/mol. The minimum Gasteiger partial charge on any atom is -0.369 e. The van der Waals surface area contributed by atoms with Gasteiger partial charge < -0.3 is 16.4 Å². The van der Waals surface area contributed by atoms with Gasteiger partial charge in [0.05, 0.1) is 24.6 Å². The first kappa shape index (κ1) is 26.7. The van der Waals surface area contributed by atoms with E-state index < -0.39 is 17.6 Å². The monoisotopic (exact) mass is 516 g/mol. The van der Waals surface area contributed by atoms with Gasteiger partial charge in [0.1, 0.15) is 0 Å². The topological polar surface area (TPSA) is 105 Å². The minimum absolute atomic E-state index is 0.00603. The number of nitrogens with two attached hydrogens (primary N) is 1. The number of carbonyl (C=O) groups is 3. The van der Waals surface area contributed by atoms with Crippen molar-refractivity contribution in [1.29, 1.82) is 0 Å². The summed E-state index contributed by atoms with van der Waals surface area (Å²) in [5, 5.41) is 5.26. The Bertz CT molecular complexity index is 1120. The molecule has 0 radical (unpaired) electrons. The van der Waals surface area contributed by atoms with Crippen LogP contribution in [0.5, 0.6) is 0 Å². The predicted octanol–water partition coefficient (Wildman–Crippen LogP) is 2.99. The van der Waals surface area contributed by atoms with E-state index in [2.05, 4.69) is 27.7 Å². The van der Waals surface area contributed by atoms with Gasteiger partial charge in [0.2, 0.25) is 11.8 Å². The normalized spacial score (nSPS) is 20.6. The van der Waals surface area contributed by atoms with Gasteiger partial charge in [0.15, 0.2) is 0 Å². The fraction of sp³-hybridized carbons (Fsp3) is 0.444. The van der Waals surface area contributed by atoms with Crippen molar-refractivity contribution in [1.82, 2.24) is 15.5 Å². The molecule has 2 aromatic rings. The van der Waals surface area contributed by atoms with E-state index in [0.29, 0.717) is 12.0 Å². The van der Waals surface area contributed by atoms with Crippen LogP contribution in [-0.4, -0.2) is 54.3 Å². The van der Waals surface area contributed by atoms with Gasteiger partial charge in [-0.2, -0.15) is 13.2 Å². The maximum absolute atomic E-state index is 12.8. The van der Waals surface area contributed by atoms with E-state index in [1.165, 1.54) is 11.6 Å². The molecule has 0 aromatic heterocycles. The number of primary amides is 1.